The summed E-state index contributed by atoms with van der Waals surface area (Å²) in [5, 5.41) is 14.6. The summed E-state index contributed by atoms with van der Waals surface area (Å²) < 4.78 is 27.1. The number of nitro groups is 1. The molecule has 0 radical (unpaired) electrons. The third-order valence-electron chi connectivity index (χ3n) is 4.74. The zero-order valence-corrected chi connectivity index (χ0v) is 15.5. The normalized spacial score (nSPS) is 24.2. The van der Waals surface area contributed by atoms with Crippen LogP contribution in [0.5, 0.6) is 0 Å². The van der Waals surface area contributed by atoms with Gasteiger partial charge in [0, 0.05) is 30.8 Å². The average molecular weight is 396 g/mol. The van der Waals surface area contributed by atoms with Crippen LogP contribution in [0.4, 0.5) is 5.69 Å². The van der Waals surface area contributed by atoms with Gasteiger partial charge in [-0.05, 0) is 38.3 Å². The fourth-order valence-electron chi connectivity index (χ4n) is 3.36. The van der Waals surface area contributed by atoms with Crippen molar-refractivity contribution in [3.63, 3.8) is 0 Å². The van der Waals surface area contributed by atoms with Crippen LogP contribution < -0.4 is 5.32 Å². The van der Waals surface area contributed by atoms with Gasteiger partial charge < -0.3 is 5.32 Å². The van der Waals surface area contributed by atoms with E-state index in [0.717, 1.165) is 25.5 Å². The second kappa shape index (κ2) is 7.13. The van der Waals surface area contributed by atoms with E-state index in [0.29, 0.717) is 25.0 Å². The number of hydrogen-bond donors (Lipinski definition) is 1. The molecule has 2 heterocycles. The van der Waals surface area contributed by atoms with Gasteiger partial charge in [0.1, 0.15) is 0 Å². The first-order valence-corrected chi connectivity index (χ1v) is 9.30. The molecule has 2 unspecified atom stereocenters. The second-order valence-electron chi connectivity index (χ2n) is 6.07. The molecule has 24 heavy (non-hydrogen) atoms. The van der Waals surface area contributed by atoms with Gasteiger partial charge in [-0.2, -0.15) is 4.31 Å². The summed E-state index contributed by atoms with van der Waals surface area (Å²) in [6.45, 7) is 3.27. The molecule has 0 saturated carbocycles. The molecule has 0 amide bonds. The van der Waals surface area contributed by atoms with E-state index in [2.05, 4.69) is 5.32 Å². The maximum Gasteiger partial charge on any atom is 0.275 e. The fourth-order valence-corrected chi connectivity index (χ4v) is 5.20. The van der Waals surface area contributed by atoms with Crippen molar-refractivity contribution in [1.82, 2.24) is 9.62 Å². The number of rotatable bonds is 3. The lowest BCUT2D eigenvalue weighted by molar-refractivity contribution is -0.385. The molecule has 2 aliphatic rings. The van der Waals surface area contributed by atoms with Gasteiger partial charge in [-0.25, -0.2) is 8.42 Å². The van der Waals surface area contributed by atoms with E-state index in [9.17, 15) is 18.5 Å². The van der Waals surface area contributed by atoms with Gasteiger partial charge in [0.25, 0.3) is 5.69 Å². The van der Waals surface area contributed by atoms with Gasteiger partial charge in [0.2, 0.25) is 10.0 Å². The van der Waals surface area contributed by atoms with Gasteiger partial charge in [0.15, 0.2) is 0 Å². The van der Waals surface area contributed by atoms with Crippen LogP contribution in [-0.4, -0.2) is 43.3 Å². The minimum atomic E-state index is -3.78. The highest BCUT2D eigenvalue weighted by Gasteiger charge is 2.38. The molecular weight excluding hydrogens is 377 g/mol. The summed E-state index contributed by atoms with van der Waals surface area (Å²) in [6, 6.07) is 2.78. The van der Waals surface area contributed by atoms with Crippen LogP contribution in [0.3, 0.4) is 0 Å². The third kappa shape index (κ3) is 3.39. The number of hydrogen-bond acceptors (Lipinski definition) is 5. The van der Waals surface area contributed by atoms with Crippen LogP contribution in [-0.2, 0) is 10.0 Å². The molecule has 0 bridgehead atoms. The molecule has 7 nitrogen and oxygen atoms in total. The number of nitrogens with zero attached hydrogens (tertiary/aromatic N) is 2. The molecule has 0 spiro atoms. The topological polar surface area (TPSA) is 92.6 Å². The zero-order chi connectivity index (χ0) is 16.8. The highest BCUT2D eigenvalue weighted by atomic mass is 35.5. The number of nitro benzene ring substituents is 1. The number of piperidine rings is 1. The minimum Gasteiger partial charge on any atom is -0.314 e. The van der Waals surface area contributed by atoms with Crippen LogP contribution in [0.25, 0.3) is 0 Å². The molecule has 2 fully saturated rings. The predicted molar refractivity (Wildman–Crippen MR) is 93.4 cm³/mol. The Kier molecular flexibility index (Phi) is 5.76. The van der Waals surface area contributed by atoms with Crippen LogP contribution in [0.1, 0.15) is 18.4 Å². The van der Waals surface area contributed by atoms with Gasteiger partial charge in [-0.15, -0.1) is 12.4 Å². The number of benzene rings is 1. The van der Waals surface area contributed by atoms with E-state index >= 15 is 0 Å². The molecular formula is C14H19Cl2N3O4S. The number of sulfonamides is 1. The van der Waals surface area contributed by atoms with E-state index in [1.54, 1.807) is 0 Å². The average Bonchev–Trinajstić information content (AvgIpc) is 2.96. The minimum absolute atomic E-state index is 0. The Morgan fingerprint density at radius 1 is 1.38 bits per heavy atom. The Hall–Kier alpha value is -0.930. The van der Waals surface area contributed by atoms with Crippen molar-refractivity contribution < 1.29 is 13.3 Å². The summed E-state index contributed by atoms with van der Waals surface area (Å²) >= 11 is 6.00. The second-order valence-corrected chi connectivity index (χ2v) is 8.41. The van der Waals surface area contributed by atoms with Gasteiger partial charge >= 0.3 is 0 Å². The molecule has 134 valence electrons. The molecule has 3 rings (SSSR count). The zero-order valence-electron chi connectivity index (χ0n) is 13.1. The van der Waals surface area contributed by atoms with Crippen molar-refractivity contribution in [2.24, 2.45) is 5.92 Å². The summed E-state index contributed by atoms with van der Waals surface area (Å²) in [5.74, 6) is 0.300. The first-order chi connectivity index (χ1) is 10.8. The third-order valence-corrected chi connectivity index (χ3v) is 6.98. The van der Waals surface area contributed by atoms with Crippen LogP contribution >= 0.6 is 24.0 Å². The van der Waals surface area contributed by atoms with Crippen LogP contribution in [0, 0.1) is 23.0 Å². The Morgan fingerprint density at radius 2 is 2.08 bits per heavy atom. The fraction of sp³-hybridized carbons (Fsp3) is 0.571. The largest absolute Gasteiger partial charge is 0.314 e. The summed E-state index contributed by atoms with van der Waals surface area (Å²) in [7, 11) is -3.78. The molecule has 2 atom stereocenters. The van der Waals surface area contributed by atoms with Gasteiger partial charge in [0.05, 0.1) is 14.8 Å². The van der Waals surface area contributed by atoms with E-state index in [4.69, 9.17) is 11.6 Å². The van der Waals surface area contributed by atoms with Gasteiger partial charge in [-0.1, -0.05) is 11.6 Å². The van der Waals surface area contributed by atoms with Crippen molar-refractivity contribution in [3.8, 4) is 0 Å². The van der Waals surface area contributed by atoms with Crippen LogP contribution in [0.15, 0.2) is 17.0 Å². The highest BCUT2D eigenvalue weighted by molar-refractivity contribution is 7.89. The van der Waals surface area contributed by atoms with Crippen molar-refractivity contribution >= 4 is 39.7 Å². The standard InChI is InChI=1S/C14H18ClN3O4S.ClH/c1-9-12(15)6-11(7-14(9)18(19)20)23(21,22)17-5-3-13-10(8-17)2-4-16-13;/h6-7,10,13,16H,2-5,8H2,1H3;1H. The van der Waals surface area contributed by atoms with Crippen LogP contribution in [0.2, 0.25) is 5.02 Å². The Labute approximate surface area is 152 Å². The Morgan fingerprint density at radius 3 is 2.75 bits per heavy atom. The van der Waals surface area contributed by atoms with E-state index in [1.165, 1.54) is 17.3 Å². The first kappa shape index (κ1) is 19.4. The monoisotopic (exact) mass is 395 g/mol. The number of fused-ring (bicyclic) bond motifs is 1. The molecule has 1 aromatic carbocycles. The van der Waals surface area contributed by atoms with Crippen molar-refractivity contribution in [3.05, 3.63) is 32.8 Å². The predicted octanol–water partition coefficient (Wildman–Crippen LogP) is 2.35. The van der Waals surface area contributed by atoms with Crippen molar-refractivity contribution in [2.45, 2.75) is 30.7 Å². The molecule has 0 aliphatic carbocycles. The first-order valence-electron chi connectivity index (χ1n) is 7.49. The maximum absolute atomic E-state index is 12.8. The lowest BCUT2D eigenvalue weighted by atomic mass is 9.95. The summed E-state index contributed by atoms with van der Waals surface area (Å²) in [4.78, 5) is 10.4. The summed E-state index contributed by atoms with van der Waals surface area (Å²) in [6.07, 6.45) is 1.71. The van der Waals surface area contributed by atoms with E-state index in [-0.39, 0.29) is 33.6 Å². The highest BCUT2D eigenvalue weighted by Crippen LogP contribution is 2.33. The Bertz CT molecular complexity index is 757. The van der Waals surface area contributed by atoms with E-state index < -0.39 is 14.9 Å². The lowest BCUT2D eigenvalue weighted by Gasteiger charge is -2.34. The quantitative estimate of drug-likeness (QED) is 0.626. The molecule has 0 aromatic heterocycles. The smallest absolute Gasteiger partial charge is 0.275 e. The van der Waals surface area contributed by atoms with Crippen molar-refractivity contribution in [2.75, 3.05) is 19.6 Å². The maximum atomic E-state index is 12.8. The van der Waals surface area contributed by atoms with Crippen molar-refractivity contribution in [1.29, 1.82) is 0 Å². The Balaban J connectivity index is 0.00000208. The molecule has 2 aliphatic heterocycles. The molecule has 2 saturated heterocycles. The van der Waals surface area contributed by atoms with E-state index in [1.807, 2.05) is 0 Å². The SMILES string of the molecule is Cc1c(Cl)cc(S(=O)(=O)N2CCC3NCCC3C2)cc1[N+](=O)[O-].Cl. The molecule has 1 aromatic rings. The summed E-state index contributed by atoms with van der Waals surface area (Å²) in [5.41, 5.74) is 0.00260. The molecule has 10 heteroatoms. The number of nitrogens with one attached hydrogen (secondary N) is 1. The van der Waals surface area contributed by atoms with Gasteiger partial charge in [-0.3, -0.25) is 10.1 Å². The molecule has 1 N–H and O–H groups in total. The lowest BCUT2D eigenvalue weighted by Crippen LogP contribution is -2.46. The number of halogens is 2.